The summed E-state index contributed by atoms with van der Waals surface area (Å²) in [7, 11) is 3.38. The number of hydrogen-bond donors (Lipinski definition) is 1. The van der Waals surface area contributed by atoms with Gasteiger partial charge in [-0.05, 0) is 58.1 Å². The van der Waals surface area contributed by atoms with Crippen molar-refractivity contribution in [2.24, 2.45) is 0 Å². The third kappa shape index (κ3) is 2.86. The van der Waals surface area contributed by atoms with Gasteiger partial charge in [0.25, 0.3) is 0 Å². The van der Waals surface area contributed by atoms with Crippen molar-refractivity contribution in [3.63, 3.8) is 0 Å². The molecule has 0 amide bonds. The van der Waals surface area contributed by atoms with E-state index in [1.807, 2.05) is 12.1 Å². The molecule has 21 heavy (non-hydrogen) atoms. The van der Waals surface area contributed by atoms with Crippen molar-refractivity contribution in [1.82, 2.24) is 0 Å². The van der Waals surface area contributed by atoms with Gasteiger partial charge in [0.2, 0.25) is 0 Å². The second-order valence-corrected chi connectivity index (χ2v) is 6.01. The maximum Gasteiger partial charge on any atom is 0.135 e. The smallest absolute Gasteiger partial charge is 0.135 e. The van der Waals surface area contributed by atoms with Crippen LogP contribution in [0.4, 0.5) is 5.69 Å². The van der Waals surface area contributed by atoms with Crippen LogP contribution in [0.15, 0.2) is 40.9 Å². The fourth-order valence-electron chi connectivity index (χ4n) is 2.74. The average molecular weight is 348 g/mol. The quantitative estimate of drug-likeness (QED) is 0.882. The maximum absolute atomic E-state index is 5.38. The first-order chi connectivity index (χ1) is 10.2. The van der Waals surface area contributed by atoms with Gasteiger partial charge in [-0.25, -0.2) is 0 Å². The Morgan fingerprint density at radius 3 is 2.52 bits per heavy atom. The van der Waals surface area contributed by atoms with E-state index in [0.717, 1.165) is 34.5 Å². The SMILES string of the molecule is COc1ccc(C2CCc3cc(Br)c(OC)cc3N2)cc1. The fourth-order valence-corrected chi connectivity index (χ4v) is 3.29. The molecule has 0 saturated carbocycles. The topological polar surface area (TPSA) is 30.5 Å². The van der Waals surface area contributed by atoms with E-state index in [1.54, 1.807) is 14.2 Å². The zero-order chi connectivity index (χ0) is 14.8. The van der Waals surface area contributed by atoms with Crippen LogP contribution in [0.5, 0.6) is 11.5 Å². The van der Waals surface area contributed by atoms with Gasteiger partial charge in [-0.15, -0.1) is 0 Å². The number of anilines is 1. The molecule has 0 fully saturated rings. The summed E-state index contributed by atoms with van der Waals surface area (Å²) in [6.07, 6.45) is 2.14. The van der Waals surface area contributed by atoms with Gasteiger partial charge in [0.1, 0.15) is 11.5 Å². The van der Waals surface area contributed by atoms with Crippen LogP contribution in [0.1, 0.15) is 23.6 Å². The van der Waals surface area contributed by atoms with Crippen LogP contribution in [-0.2, 0) is 6.42 Å². The van der Waals surface area contributed by atoms with Gasteiger partial charge >= 0.3 is 0 Å². The minimum Gasteiger partial charge on any atom is -0.497 e. The van der Waals surface area contributed by atoms with Crippen molar-refractivity contribution in [1.29, 1.82) is 0 Å². The molecule has 4 heteroatoms. The van der Waals surface area contributed by atoms with Gasteiger partial charge in [0.05, 0.1) is 24.7 Å². The highest BCUT2D eigenvalue weighted by Crippen LogP contribution is 2.38. The molecular weight excluding hydrogens is 330 g/mol. The molecule has 0 aromatic heterocycles. The second-order valence-electron chi connectivity index (χ2n) is 5.15. The van der Waals surface area contributed by atoms with Crippen molar-refractivity contribution in [3.8, 4) is 11.5 Å². The highest BCUT2D eigenvalue weighted by atomic mass is 79.9. The molecule has 0 bridgehead atoms. The molecule has 1 aliphatic heterocycles. The molecule has 1 heterocycles. The van der Waals surface area contributed by atoms with E-state index in [9.17, 15) is 0 Å². The first-order valence-corrected chi connectivity index (χ1v) is 7.77. The number of fused-ring (bicyclic) bond motifs is 1. The molecule has 2 aromatic carbocycles. The molecule has 1 unspecified atom stereocenters. The minimum absolute atomic E-state index is 0.328. The van der Waals surface area contributed by atoms with Crippen molar-refractivity contribution in [3.05, 3.63) is 52.0 Å². The Morgan fingerprint density at radius 2 is 1.86 bits per heavy atom. The first kappa shape index (κ1) is 14.3. The molecule has 0 aliphatic carbocycles. The van der Waals surface area contributed by atoms with Crippen LogP contribution >= 0.6 is 15.9 Å². The van der Waals surface area contributed by atoms with Gasteiger partial charge in [-0.3, -0.25) is 0 Å². The van der Waals surface area contributed by atoms with Crippen LogP contribution in [0, 0.1) is 0 Å². The van der Waals surface area contributed by atoms with E-state index in [0.29, 0.717) is 6.04 Å². The monoisotopic (exact) mass is 347 g/mol. The number of rotatable bonds is 3. The Balaban J connectivity index is 1.85. The Bertz CT molecular complexity index is 640. The fraction of sp³-hybridized carbons (Fsp3) is 0.294. The highest BCUT2D eigenvalue weighted by molar-refractivity contribution is 9.10. The van der Waals surface area contributed by atoms with Gasteiger partial charge < -0.3 is 14.8 Å². The Morgan fingerprint density at radius 1 is 1.10 bits per heavy atom. The number of benzene rings is 2. The average Bonchev–Trinajstić information content (AvgIpc) is 2.54. The van der Waals surface area contributed by atoms with Crippen molar-refractivity contribution >= 4 is 21.6 Å². The molecule has 2 aromatic rings. The van der Waals surface area contributed by atoms with Crippen molar-refractivity contribution in [2.75, 3.05) is 19.5 Å². The molecule has 1 N–H and O–H groups in total. The number of halogens is 1. The summed E-state index contributed by atoms with van der Waals surface area (Å²) in [5, 5.41) is 3.61. The predicted molar refractivity (Wildman–Crippen MR) is 88.4 cm³/mol. The van der Waals surface area contributed by atoms with Gasteiger partial charge in [-0.1, -0.05) is 12.1 Å². The number of hydrogen-bond acceptors (Lipinski definition) is 3. The summed E-state index contributed by atoms with van der Waals surface area (Å²) in [6, 6.07) is 12.8. The van der Waals surface area contributed by atoms with Crippen LogP contribution < -0.4 is 14.8 Å². The third-order valence-electron chi connectivity index (χ3n) is 3.93. The van der Waals surface area contributed by atoms with E-state index in [-0.39, 0.29) is 0 Å². The van der Waals surface area contributed by atoms with Gasteiger partial charge in [-0.2, -0.15) is 0 Å². The normalized spacial score (nSPS) is 16.8. The van der Waals surface area contributed by atoms with E-state index in [1.165, 1.54) is 11.1 Å². The van der Waals surface area contributed by atoms with E-state index in [2.05, 4.69) is 45.5 Å². The molecule has 0 saturated heterocycles. The zero-order valence-corrected chi connectivity index (χ0v) is 13.7. The number of ether oxygens (including phenoxy) is 2. The maximum atomic E-state index is 5.38. The summed E-state index contributed by atoms with van der Waals surface area (Å²) in [5.41, 5.74) is 3.76. The minimum atomic E-state index is 0.328. The third-order valence-corrected chi connectivity index (χ3v) is 4.55. The number of methoxy groups -OCH3 is 2. The summed E-state index contributed by atoms with van der Waals surface area (Å²) < 4.78 is 11.6. The summed E-state index contributed by atoms with van der Waals surface area (Å²) in [6.45, 7) is 0. The summed E-state index contributed by atoms with van der Waals surface area (Å²) in [5.74, 6) is 1.75. The highest BCUT2D eigenvalue weighted by Gasteiger charge is 2.20. The molecule has 1 atom stereocenters. The zero-order valence-electron chi connectivity index (χ0n) is 12.2. The van der Waals surface area contributed by atoms with E-state index < -0.39 is 0 Å². The molecule has 0 radical (unpaired) electrons. The Kier molecular flexibility index (Phi) is 4.06. The number of nitrogens with one attached hydrogen (secondary N) is 1. The van der Waals surface area contributed by atoms with Crippen LogP contribution in [0.25, 0.3) is 0 Å². The first-order valence-electron chi connectivity index (χ1n) is 6.98. The van der Waals surface area contributed by atoms with Crippen LogP contribution in [-0.4, -0.2) is 14.2 Å². The molecule has 1 aliphatic rings. The Labute approximate surface area is 133 Å². The Hall–Kier alpha value is -1.68. The lowest BCUT2D eigenvalue weighted by Crippen LogP contribution is -2.18. The largest absolute Gasteiger partial charge is 0.497 e. The molecule has 110 valence electrons. The lowest BCUT2D eigenvalue weighted by atomic mass is 9.93. The van der Waals surface area contributed by atoms with Crippen LogP contribution in [0.3, 0.4) is 0 Å². The lowest BCUT2D eigenvalue weighted by Gasteiger charge is -2.28. The van der Waals surface area contributed by atoms with Crippen molar-refractivity contribution < 1.29 is 9.47 Å². The molecule has 3 nitrogen and oxygen atoms in total. The standard InChI is InChI=1S/C17H18BrNO2/c1-20-13-6-3-11(4-7-13)15-8-5-12-9-14(18)17(21-2)10-16(12)19-15/h3-4,6-7,9-10,15,19H,5,8H2,1-2H3. The molecule has 0 spiro atoms. The summed E-state index contributed by atoms with van der Waals surface area (Å²) >= 11 is 3.54. The van der Waals surface area contributed by atoms with Crippen molar-refractivity contribution in [2.45, 2.75) is 18.9 Å². The number of aryl methyl sites for hydroxylation is 1. The van der Waals surface area contributed by atoms with Gasteiger partial charge in [0.15, 0.2) is 0 Å². The molecule has 3 rings (SSSR count). The van der Waals surface area contributed by atoms with Crippen LogP contribution in [0.2, 0.25) is 0 Å². The van der Waals surface area contributed by atoms with E-state index >= 15 is 0 Å². The van der Waals surface area contributed by atoms with E-state index in [4.69, 9.17) is 9.47 Å². The molecular formula is C17H18BrNO2. The summed E-state index contributed by atoms with van der Waals surface area (Å²) in [4.78, 5) is 0. The van der Waals surface area contributed by atoms with Gasteiger partial charge in [0, 0.05) is 11.8 Å². The lowest BCUT2D eigenvalue weighted by molar-refractivity contribution is 0.412. The second kappa shape index (κ2) is 5.98. The predicted octanol–water partition coefficient (Wildman–Crippen LogP) is 4.57.